The SMILES string of the molecule is CN(C)CCCNC(=O)c1nc(C(=O)NCc2ccccc2)c2ccccn12. The standard InChI is InChI=1S/C21H25N5O2/c1-25(2)13-8-12-22-21(28)19-24-18(17-11-6-7-14-26(17)19)20(27)23-15-16-9-4-3-5-10-16/h3-7,9-11,14H,8,12-13,15H2,1-2H3,(H,22,28)(H,23,27). The van der Waals surface area contributed by atoms with Gasteiger partial charge in [-0.25, -0.2) is 4.98 Å². The molecule has 0 saturated heterocycles. The first-order valence-electron chi connectivity index (χ1n) is 9.28. The maximum atomic E-state index is 12.7. The first kappa shape index (κ1) is 19.6. The normalized spacial score (nSPS) is 11.0. The molecule has 0 fully saturated rings. The molecule has 2 N–H and O–H groups in total. The molecule has 146 valence electrons. The average molecular weight is 379 g/mol. The molecule has 7 heteroatoms. The Morgan fingerprint density at radius 3 is 2.50 bits per heavy atom. The fraction of sp³-hybridized carbons (Fsp3) is 0.286. The largest absolute Gasteiger partial charge is 0.349 e. The summed E-state index contributed by atoms with van der Waals surface area (Å²) >= 11 is 0. The summed E-state index contributed by atoms with van der Waals surface area (Å²) in [5.41, 5.74) is 1.85. The van der Waals surface area contributed by atoms with Gasteiger partial charge >= 0.3 is 0 Å². The van der Waals surface area contributed by atoms with Gasteiger partial charge in [0.1, 0.15) is 0 Å². The molecule has 1 aromatic carbocycles. The Morgan fingerprint density at radius 2 is 1.75 bits per heavy atom. The number of hydrogen-bond acceptors (Lipinski definition) is 4. The van der Waals surface area contributed by atoms with Crippen LogP contribution in [-0.4, -0.2) is 53.3 Å². The lowest BCUT2D eigenvalue weighted by Crippen LogP contribution is -2.29. The number of nitrogens with one attached hydrogen (secondary N) is 2. The van der Waals surface area contributed by atoms with Crippen LogP contribution in [0.3, 0.4) is 0 Å². The maximum absolute atomic E-state index is 12.7. The third-order valence-corrected chi connectivity index (χ3v) is 4.33. The van der Waals surface area contributed by atoms with Crippen LogP contribution < -0.4 is 10.6 Å². The predicted octanol–water partition coefficient (Wildman–Crippen LogP) is 1.95. The van der Waals surface area contributed by atoms with E-state index in [-0.39, 0.29) is 23.3 Å². The van der Waals surface area contributed by atoms with E-state index < -0.39 is 0 Å². The molecule has 2 heterocycles. The lowest BCUT2D eigenvalue weighted by molar-refractivity contribution is 0.0941. The van der Waals surface area contributed by atoms with Crippen LogP contribution >= 0.6 is 0 Å². The molecule has 0 atom stereocenters. The Labute approximate surface area is 164 Å². The van der Waals surface area contributed by atoms with Crippen LogP contribution in [-0.2, 0) is 6.54 Å². The number of amides is 2. The van der Waals surface area contributed by atoms with Crippen LogP contribution in [0.25, 0.3) is 5.52 Å². The van der Waals surface area contributed by atoms with Crippen molar-refractivity contribution in [2.75, 3.05) is 27.2 Å². The highest BCUT2D eigenvalue weighted by Crippen LogP contribution is 2.13. The molecule has 7 nitrogen and oxygen atoms in total. The molecular formula is C21H25N5O2. The third-order valence-electron chi connectivity index (χ3n) is 4.33. The molecule has 0 radical (unpaired) electrons. The van der Waals surface area contributed by atoms with Crippen molar-refractivity contribution in [3.05, 3.63) is 71.8 Å². The van der Waals surface area contributed by atoms with Crippen LogP contribution in [0.1, 0.15) is 33.1 Å². The monoisotopic (exact) mass is 379 g/mol. The molecule has 3 aromatic rings. The van der Waals surface area contributed by atoms with Crippen molar-refractivity contribution in [1.82, 2.24) is 24.9 Å². The lowest BCUT2D eigenvalue weighted by atomic mass is 10.2. The molecule has 0 saturated carbocycles. The van der Waals surface area contributed by atoms with Gasteiger partial charge < -0.3 is 15.5 Å². The predicted molar refractivity (Wildman–Crippen MR) is 108 cm³/mol. The van der Waals surface area contributed by atoms with Crippen molar-refractivity contribution in [2.24, 2.45) is 0 Å². The number of fused-ring (bicyclic) bond motifs is 1. The van der Waals surface area contributed by atoms with E-state index in [4.69, 9.17) is 0 Å². The van der Waals surface area contributed by atoms with E-state index in [9.17, 15) is 9.59 Å². The van der Waals surface area contributed by atoms with Gasteiger partial charge in [-0.1, -0.05) is 36.4 Å². The average Bonchev–Trinajstić information content (AvgIpc) is 3.10. The molecule has 28 heavy (non-hydrogen) atoms. The smallest absolute Gasteiger partial charge is 0.287 e. The van der Waals surface area contributed by atoms with Crippen molar-refractivity contribution in [3.63, 3.8) is 0 Å². The van der Waals surface area contributed by atoms with Crippen LogP contribution in [0.2, 0.25) is 0 Å². The summed E-state index contributed by atoms with van der Waals surface area (Å²) in [5.74, 6) is -0.383. The lowest BCUT2D eigenvalue weighted by Gasteiger charge is -2.09. The second-order valence-electron chi connectivity index (χ2n) is 6.82. The first-order valence-corrected chi connectivity index (χ1v) is 9.28. The minimum atomic E-state index is -0.306. The number of aromatic nitrogens is 2. The Bertz CT molecular complexity index is 950. The molecule has 0 unspecified atom stereocenters. The van der Waals surface area contributed by atoms with Crippen LogP contribution in [0.4, 0.5) is 0 Å². The second kappa shape index (κ2) is 9.14. The highest BCUT2D eigenvalue weighted by atomic mass is 16.2. The van der Waals surface area contributed by atoms with Gasteiger partial charge in [-0.3, -0.25) is 14.0 Å². The van der Waals surface area contributed by atoms with E-state index >= 15 is 0 Å². The van der Waals surface area contributed by atoms with E-state index in [2.05, 4.69) is 20.5 Å². The van der Waals surface area contributed by atoms with Crippen LogP contribution in [0.15, 0.2) is 54.7 Å². The summed E-state index contributed by atoms with van der Waals surface area (Å²) in [7, 11) is 3.98. The van der Waals surface area contributed by atoms with Gasteiger partial charge in [0, 0.05) is 19.3 Å². The van der Waals surface area contributed by atoms with Gasteiger partial charge in [-0.15, -0.1) is 0 Å². The summed E-state index contributed by atoms with van der Waals surface area (Å²) < 4.78 is 1.65. The summed E-state index contributed by atoms with van der Waals surface area (Å²) in [5, 5.41) is 5.75. The van der Waals surface area contributed by atoms with Crippen molar-refractivity contribution in [3.8, 4) is 0 Å². The number of carbonyl (C=O) groups excluding carboxylic acids is 2. The molecule has 0 bridgehead atoms. The Morgan fingerprint density at radius 1 is 1.00 bits per heavy atom. The van der Waals surface area contributed by atoms with E-state index in [1.807, 2.05) is 56.6 Å². The third kappa shape index (κ3) is 4.75. The highest BCUT2D eigenvalue weighted by Gasteiger charge is 2.21. The fourth-order valence-electron chi connectivity index (χ4n) is 2.90. The van der Waals surface area contributed by atoms with Crippen LogP contribution in [0.5, 0.6) is 0 Å². The summed E-state index contributed by atoms with van der Waals surface area (Å²) in [6.07, 6.45) is 2.58. The van der Waals surface area contributed by atoms with Crippen molar-refractivity contribution in [1.29, 1.82) is 0 Å². The zero-order chi connectivity index (χ0) is 19.9. The molecule has 0 aliphatic rings. The maximum Gasteiger partial charge on any atom is 0.287 e. The van der Waals surface area contributed by atoms with Gasteiger partial charge in [0.15, 0.2) is 5.69 Å². The zero-order valence-electron chi connectivity index (χ0n) is 16.2. The van der Waals surface area contributed by atoms with E-state index in [0.717, 1.165) is 18.5 Å². The minimum Gasteiger partial charge on any atom is -0.349 e. The van der Waals surface area contributed by atoms with Gasteiger partial charge in [0.2, 0.25) is 5.82 Å². The molecule has 0 aliphatic heterocycles. The molecule has 2 amide bonds. The van der Waals surface area contributed by atoms with Crippen LogP contribution in [0, 0.1) is 0 Å². The van der Waals surface area contributed by atoms with Gasteiger partial charge in [-0.05, 0) is 44.8 Å². The zero-order valence-corrected chi connectivity index (χ0v) is 16.2. The van der Waals surface area contributed by atoms with Gasteiger partial charge in [0.05, 0.1) is 5.52 Å². The Hall–Kier alpha value is -3.19. The fourth-order valence-corrected chi connectivity index (χ4v) is 2.90. The Balaban J connectivity index is 1.74. The number of benzene rings is 1. The van der Waals surface area contributed by atoms with E-state index in [0.29, 0.717) is 18.6 Å². The number of pyridine rings is 1. The summed E-state index contributed by atoms with van der Waals surface area (Å²) in [6, 6.07) is 15.1. The number of nitrogens with zero attached hydrogens (tertiary/aromatic N) is 3. The molecular weight excluding hydrogens is 354 g/mol. The molecule has 0 spiro atoms. The first-order chi connectivity index (χ1) is 13.6. The van der Waals surface area contributed by atoms with Crippen molar-refractivity contribution in [2.45, 2.75) is 13.0 Å². The summed E-state index contributed by atoms with van der Waals surface area (Å²) in [6.45, 7) is 1.83. The van der Waals surface area contributed by atoms with E-state index in [1.54, 1.807) is 16.7 Å². The second-order valence-corrected chi connectivity index (χ2v) is 6.82. The van der Waals surface area contributed by atoms with Gasteiger partial charge in [-0.2, -0.15) is 0 Å². The quantitative estimate of drug-likeness (QED) is 0.587. The number of imidazole rings is 1. The minimum absolute atomic E-state index is 0.213. The molecule has 0 aliphatic carbocycles. The molecule has 3 rings (SSSR count). The topological polar surface area (TPSA) is 78.7 Å². The van der Waals surface area contributed by atoms with E-state index in [1.165, 1.54) is 0 Å². The Kier molecular flexibility index (Phi) is 6.39. The van der Waals surface area contributed by atoms with Crippen molar-refractivity contribution < 1.29 is 9.59 Å². The number of carbonyl (C=O) groups is 2. The van der Waals surface area contributed by atoms with Gasteiger partial charge in [0.25, 0.3) is 11.8 Å². The molecule has 2 aromatic heterocycles. The van der Waals surface area contributed by atoms with Crippen molar-refractivity contribution >= 4 is 17.3 Å². The summed E-state index contributed by atoms with van der Waals surface area (Å²) in [4.78, 5) is 31.7. The highest BCUT2D eigenvalue weighted by molar-refractivity contribution is 6.02. The number of rotatable bonds is 8. The number of hydrogen-bond donors (Lipinski definition) is 2.